The van der Waals surface area contributed by atoms with Gasteiger partial charge in [-0.2, -0.15) is 0 Å². The fourth-order valence-corrected chi connectivity index (χ4v) is 4.32. The average molecular weight is 414 g/mol. The van der Waals surface area contributed by atoms with Gasteiger partial charge in [0, 0.05) is 38.1 Å². The molecule has 1 N–H and O–H groups in total. The van der Waals surface area contributed by atoms with Crippen molar-refractivity contribution < 1.29 is 13.2 Å². The first-order valence-electron chi connectivity index (χ1n) is 9.72. The second-order valence-electron chi connectivity index (χ2n) is 7.13. The maximum absolute atomic E-state index is 12.7. The zero-order valence-corrected chi connectivity index (χ0v) is 17.9. The number of fused-ring (bicyclic) bond motifs is 1. The maximum atomic E-state index is 12.7. The molecule has 0 aliphatic heterocycles. The summed E-state index contributed by atoms with van der Waals surface area (Å²) in [6, 6.07) is 16.9. The molecule has 1 aromatic heterocycles. The van der Waals surface area contributed by atoms with E-state index in [9.17, 15) is 13.2 Å². The minimum absolute atomic E-state index is 0.145. The summed E-state index contributed by atoms with van der Waals surface area (Å²) in [5.41, 5.74) is 2.64. The van der Waals surface area contributed by atoms with Crippen molar-refractivity contribution in [3.8, 4) is 0 Å². The lowest BCUT2D eigenvalue weighted by atomic mass is 10.1. The lowest BCUT2D eigenvalue weighted by Crippen LogP contribution is -2.27. The Labute approximate surface area is 172 Å². The highest BCUT2D eigenvalue weighted by Crippen LogP contribution is 2.24. The topological polar surface area (TPSA) is 71.4 Å². The molecule has 29 heavy (non-hydrogen) atoms. The van der Waals surface area contributed by atoms with Crippen molar-refractivity contribution >= 4 is 26.8 Å². The van der Waals surface area contributed by atoms with E-state index in [1.807, 2.05) is 29.7 Å². The van der Waals surface area contributed by atoms with E-state index in [4.69, 9.17) is 0 Å². The van der Waals surface area contributed by atoms with Crippen LogP contribution in [0.1, 0.15) is 29.4 Å². The SMILES string of the molecule is CCn1c(C(=O)NCCCc2ccccc2)cc2cc(S(=O)(=O)N(C)C)ccc21. The third-order valence-corrected chi connectivity index (χ3v) is 6.78. The largest absolute Gasteiger partial charge is 0.351 e. The maximum Gasteiger partial charge on any atom is 0.267 e. The first-order chi connectivity index (χ1) is 13.8. The van der Waals surface area contributed by atoms with Crippen molar-refractivity contribution in [3.63, 3.8) is 0 Å². The summed E-state index contributed by atoms with van der Waals surface area (Å²) in [4.78, 5) is 13.0. The van der Waals surface area contributed by atoms with Gasteiger partial charge in [-0.3, -0.25) is 4.79 Å². The molecule has 0 atom stereocenters. The molecule has 154 valence electrons. The van der Waals surface area contributed by atoms with Gasteiger partial charge in [0.05, 0.1) is 4.90 Å². The Bertz CT molecular complexity index is 1100. The number of carbonyl (C=O) groups excluding carboxylic acids is 1. The predicted octanol–water partition coefficient (Wildman–Crippen LogP) is 3.27. The van der Waals surface area contributed by atoms with E-state index in [0.717, 1.165) is 23.7 Å². The third-order valence-electron chi connectivity index (χ3n) is 4.97. The second-order valence-corrected chi connectivity index (χ2v) is 9.28. The number of carbonyl (C=O) groups is 1. The van der Waals surface area contributed by atoms with Crippen LogP contribution in [-0.4, -0.2) is 43.8 Å². The van der Waals surface area contributed by atoms with Crippen LogP contribution in [0.4, 0.5) is 0 Å². The molecule has 0 aliphatic rings. The zero-order chi connectivity index (χ0) is 21.0. The van der Waals surface area contributed by atoms with Gasteiger partial charge in [-0.15, -0.1) is 0 Å². The molecular formula is C22H27N3O3S. The van der Waals surface area contributed by atoms with Gasteiger partial charge in [-0.1, -0.05) is 30.3 Å². The monoisotopic (exact) mass is 413 g/mol. The van der Waals surface area contributed by atoms with Crippen LogP contribution in [0, 0.1) is 0 Å². The number of nitrogens with zero attached hydrogens (tertiary/aromatic N) is 2. The molecule has 0 saturated carbocycles. The number of hydrogen-bond donors (Lipinski definition) is 1. The van der Waals surface area contributed by atoms with E-state index in [-0.39, 0.29) is 10.8 Å². The normalized spacial score (nSPS) is 11.9. The van der Waals surface area contributed by atoms with E-state index < -0.39 is 10.0 Å². The van der Waals surface area contributed by atoms with Gasteiger partial charge in [0.15, 0.2) is 0 Å². The van der Waals surface area contributed by atoms with Crippen LogP contribution in [0.3, 0.4) is 0 Å². The lowest BCUT2D eigenvalue weighted by Gasteiger charge is -2.12. The highest BCUT2D eigenvalue weighted by Gasteiger charge is 2.20. The predicted molar refractivity (Wildman–Crippen MR) is 116 cm³/mol. The molecule has 3 rings (SSSR count). The summed E-state index contributed by atoms with van der Waals surface area (Å²) in [6.45, 7) is 3.17. The van der Waals surface area contributed by atoms with Gasteiger partial charge in [-0.25, -0.2) is 12.7 Å². The molecule has 7 heteroatoms. The molecule has 0 aliphatic carbocycles. The van der Waals surface area contributed by atoms with E-state index in [0.29, 0.717) is 18.8 Å². The first-order valence-corrected chi connectivity index (χ1v) is 11.2. The number of amides is 1. The van der Waals surface area contributed by atoms with Crippen molar-refractivity contribution in [3.05, 3.63) is 65.9 Å². The third kappa shape index (κ3) is 4.52. The van der Waals surface area contributed by atoms with E-state index in [1.54, 1.807) is 24.3 Å². The molecule has 0 bridgehead atoms. The minimum Gasteiger partial charge on any atom is -0.351 e. The highest BCUT2D eigenvalue weighted by molar-refractivity contribution is 7.89. The molecule has 1 heterocycles. The summed E-state index contributed by atoms with van der Waals surface area (Å²) in [7, 11) is -0.509. The van der Waals surface area contributed by atoms with E-state index in [1.165, 1.54) is 24.0 Å². The molecule has 0 fully saturated rings. The van der Waals surface area contributed by atoms with Crippen LogP contribution in [0.15, 0.2) is 59.5 Å². The number of nitrogens with one attached hydrogen (secondary N) is 1. The average Bonchev–Trinajstić information content (AvgIpc) is 3.09. The molecule has 2 aromatic carbocycles. The number of hydrogen-bond acceptors (Lipinski definition) is 3. The lowest BCUT2D eigenvalue weighted by molar-refractivity contribution is 0.0944. The number of aromatic nitrogens is 1. The molecular weight excluding hydrogens is 386 g/mol. The quantitative estimate of drug-likeness (QED) is 0.576. The summed E-state index contributed by atoms with van der Waals surface area (Å²) in [5, 5.41) is 3.72. The van der Waals surface area contributed by atoms with Crippen LogP contribution >= 0.6 is 0 Å². The van der Waals surface area contributed by atoms with E-state index in [2.05, 4.69) is 17.4 Å². The summed E-state index contributed by atoms with van der Waals surface area (Å²) >= 11 is 0. The Hall–Kier alpha value is -2.64. The Balaban J connectivity index is 1.76. The summed E-state index contributed by atoms with van der Waals surface area (Å²) < 4.78 is 27.9. The Morgan fingerprint density at radius 3 is 2.45 bits per heavy atom. The van der Waals surface area contributed by atoms with Gasteiger partial charge in [0.1, 0.15) is 5.69 Å². The standard InChI is InChI=1S/C22H27N3O3S/c1-4-25-20-13-12-19(29(27,28)24(2)3)15-18(20)16-21(25)22(26)23-14-8-11-17-9-6-5-7-10-17/h5-7,9-10,12-13,15-16H,4,8,11,14H2,1-3H3,(H,23,26). The summed E-state index contributed by atoms with van der Waals surface area (Å²) in [5.74, 6) is -0.145. The van der Waals surface area contributed by atoms with Crippen LogP contribution in [0.5, 0.6) is 0 Å². The van der Waals surface area contributed by atoms with Gasteiger partial charge in [-0.05, 0) is 49.6 Å². The first kappa shape index (κ1) is 21.1. The van der Waals surface area contributed by atoms with Gasteiger partial charge < -0.3 is 9.88 Å². The number of aryl methyl sites for hydroxylation is 2. The highest BCUT2D eigenvalue weighted by atomic mass is 32.2. The summed E-state index contributed by atoms with van der Waals surface area (Å²) in [6.07, 6.45) is 1.76. The molecule has 3 aromatic rings. The van der Waals surface area contributed by atoms with Crippen LogP contribution in [0.2, 0.25) is 0 Å². The molecule has 0 unspecified atom stereocenters. The number of sulfonamides is 1. The van der Waals surface area contributed by atoms with Crippen molar-refractivity contribution in [2.45, 2.75) is 31.2 Å². The van der Waals surface area contributed by atoms with Crippen LogP contribution < -0.4 is 5.32 Å². The Morgan fingerprint density at radius 1 is 1.07 bits per heavy atom. The van der Waals surface area contributed by atoms with Crippen molar-refractivity contribution in [1.29, 1.82) is 0 Å². The molecule has 6 nitrogen and oxygen atoms in total. The fourth-order valence-electron chi connectivity index (χ4n) is 3.38. The molecule has 1 amide bonds. The molecule has 0 radical (unpaired) electrons. The second kappa shape index (κ2) is 8.80. The van der Waals surface area contributed by atoms with Crippen molar-refractivity contribution in [2.24, 2.45) is 0 Å². The van der Waals surface area contributed by atoms with Crippen LogP contribution in [-0.2, 0) is 23.0 Å². The fraction of sp³-hybridized carbons (Fsp3) is 0.318. The smallest absolute Gasteiger partial charge is 0.267 e. The van der Waals surface area contributed by atoms with Crippen LogP contribution in [0.25, 0.3) is 10.9 Å². The number of rotatable bonds is 8. The number of benzene rings is 2. The molecule has 0 saturated heterocycles. The van der Waals surface area contributed by atoms with Gasteiger partial charge >= 0.3 is 0 Å². The van der Waals surface area contributed by atoms with Gasteiger partial charge in [0.2, 0.25) is 10.0 Å². The Kier molecular flexibility index (Phi) is 6.39. The van der Waals surface area contributed by atoms with Crippen molar-refractivity contribution in [1.82, 2.24) is 14.2 Å². The van der Waals surface area contributed by atoms with Crippen molar-refractivity contribution in [2.75, 3.05) is 20.6 Å². The minimum atomic E-state index is -3.52. The van der Waals surface area contributed by atoms with Gasteiger partial charge in [0.25, 0.3) is 5.91 Å². The molecule has 0 spiro atoms. The zero-order valence-electron chi connectivity index (χ0n) is 17.1. The Morgan fingerprint density at radius 2 is 1.79 bits per heavy atom. The van der Waals surface area contributed by atoms with E-state index >= 15 is 0 Å².